The minimum absolute atomic E-state index is 0.160. The normalized spacial score (nSPS) is 13.9. The van der Waals surface area contributed by atoms with Crippen LogP contribution in [0.2, 0.25) is 5.02 Å². The molecule has 1 aliphatic heterocycles. The Morgan fingerprint density at radius 2 is 2.15 bits per heavy atom. The van der Waals surface area contributed by atoms with E-state index in [1.807, 2.05) is 30.9 Å². The fourth-order valence-electron chi connectivity index (χ4n) is 3.68. The fourth-order valence-corrected chi connectivity index (χ4v) is 3.97. The summed E-state index contributed by atoms with van der Waals surface area (Å²) in [5.41, 5.74) is 5.29. The number of carbonyl (C=O) groups excluding carboxylic acids is 1. The molecule has 0 atom stereocenters. The van der Waals surface area contributed by atoms with Crippen molar-refractivity contribution in [3.8, 4) is 0 Å². The topological polar surface area (TPSA) is 63.4 Å². The average Bonchev–Trinajstić information content (AvgIpc) is 3.09. The SMILES string of the molecule is Cc1nc2ncnn2c(C)c1CCC(=O)N1CCc2c(Cl)cccc2C1. The monoisotopic (exact) mass is 369 g/mol. The van der Waals surface area contributed by atoms with Crippen LogP contribution in [0.4, 0.5) is 0 Å². The Morgan fingerprint density at radius 1 is 1.31 bits per heavy atom. The van der Waals surface area contributed by atoms with Gasteiger partial charge in [-0.25, -0.2) is 9.50 Å². The summed E-state index contributed by atoms with van der Waals surface area (Å²) in [7, 11) is 0. The number of nitrogens with zero attached hydrogens (tertiary/aromatic N) is 5. The molecule has 0 N–H and O–H groups in total. The van der Waals surface area contributed by atoms with Crippen LogP contribution in [0.3, 0.4) is 0 Å². The summed E-state index contributed by atoms with van der Waals surface area (Å²) in [6.07, 6.45) is 3.42. The molecule has 0 unspecified atom stereocenters. The number of benzene rings is 1. The molecule has 0 bridgehead atoms. The molecule has 0 aliphatic carbocycles. The van der Waals surface area contributed by atoms with Crippen LogP contribution in [0, 0.1) is 13.8 Å². The molecule has 3 aromatic rings. The fraction of sp³-hybridized carbons (Fsp3) is 0.368. The number of aromatic nitrogens is 4. The predicted octanol–water partition coefficient (Wildman–Crippen LogP) is 2.91. The molecule has 134 valence electrons. The molecule has 0 saturated heterocycles. The van der Waals surface area contributed by atoms with E-state index in [4.69, 9.17) is 11.6 Å². The third-order valence-corrected chi connectivity index (χ3v) is 5.49. The highest BCUT2D eigenvalue weighted by Crippen LogP contribution is 2.26. The zero-order valence-corrected chi connectivity index (χ0v) is 15.6. The van der Waals surface area contributed by atoms with Gasteiger partial charge in [0.05, 0.1) is 0 Å². The maximum atomic E-state index is 12.7. The lowest BCUT2D eigenvalue weighted by molar-refractivity contribution is -0.132. The Balaban J connectivity index is 1.48. The molecule has 0 radical (unpaired) electrons. The van der Waals surface area contributed by atoms with Crippen molar-refractivity contribution in [2.24, 2.45) is 0 Å². The van der Waals surface area contributed by atoms with Gasteiger partial charge in [-0.1, -0.05) is 23.7 Å². The molecule has 7 heteroatoms. The van der Waals surface area contributed by atoms with E-state index in [1.165, 1.54) is 11.9 Å². The van der Waals surface area contributed by atoms with Crippen LogP contribution in [0.15, 0.2) is 24.5 Å². The first-order chi connectivity index (χ1) is 12.5. The van der Waals surface area contributed by atoms with Crippen molar-refractivity contribution in [1.29, 1.82) is 0 Å². The summed E-state index contributed by atoms with van der Waals surface area (Å²) in [6.45, 7) is 5.30. The van der Waals surface area contributed by atoms with Crippen LogP contribution < -0.4 is 0 Å². The predicted molar refractivity (Wildman–Crippen MR) is 99.2 cm³/mol. The number of hydrogen-bond donors (Lipinski definition) is 0. The van der Waals surface area contributed by atoms with Gasteiger partial charge in [-0.2, -0.15) is 10.1 Å². The average molecular weight is 370 g/mol. The van der Waals surface area contributed by atoms with E-state index in [2.05, 4.69) is 21.1 Å². The second-order valence-corrected chi connectivity index (χ2v) is 7.08. The molecule has 1 aromatic carbocycles. The number of rotatable bonds is 3. The molecule has 1 aliphatic rings. The second kappa shape index (κ2) is 6.68. The van der Waals surface area contributed by atoms with Crippen molar-refractivity contribution in [2.45, 2.75) is 39.7 Å². The largest absolute Gasteiger partial charge is 0.338 e. The molecule has 2 aromatic heterocycles. The second-order valence-electron chi connectivity index (χ2n) is 6.68. The van der Waals surface area contributed by atoms with Crippen LogP contribution in [0.1, 0.15) is 34.5 Å². The number of amides is 1. The lowest BCUT2D eigenvalue weighted by Crippen LogP contribution is -2.36. The quantitative estimate of drug-likeness (QED) is 0.712. The van der Waals surface area contributed by atoms with Crippen LogP contribution >= 0.6 is 11.6 Å². The zero-order chi connectivity index (χ0) is 18.3. The molecular formula is C19H20ClN5O. The standard InChI is InChI=1S/C19H20ClN5O/c1-12-15(13(2)25-19(23-12)21-11-22-25)6-7-18(26)24-9-8-16-14(10-24)4-3-5-17(16)20/h3-5,11H,6-10H2,1-2H3. The van der Waals surface area contributed by atoms with E-state index >= 15 is 0 Å². The van der Waals surface area contributed by atoms with Crippen molar-refractivity contribution >= 4 is 23.3 Å². The lowest BCUT2D eigenvalue weighted by Gasteiger charge is -2.29. The van der Waals surface area contributed by atoms with Gasteiger partial charge in [0.1, 0.15) is 6.33 Å². The van der Waals surface area contributed by atoms with Crippen molar-refractivity contribution < 1.29 is 4.79 Å². The van der Waals surface area contributed by atoms with E-state index in [0.29, 0.717) is 31.7 Å². The van der Waals surface area contributed by atoms with Crippen molar-refractivity contribution in [1.82, 2.24) is 24.5 Å². The van der Waals surface area contributed by atoms with Gasteiger partial charge >= 0.3 is 0 Å². The molecular weight excluding hydrogens is 350 g/mol. The third kappa shape index (κ3) is 2.94. The smallest absolute Gasteiger partial charge is 0.252 e. The first kappa shape index (κ1) is 17.0. The maximum absolute atomic E-state index is 12.7. The highest BCUT2D eigenvalue weighted by Gasteiger charge is 2.22. The molecule has 4 rings (SSSR count). The number of carbonyl (C=O) groups is 1. The first-order valence-corrected chi connectivity index (χ1v) is 9.12. The van der Waals surface area contributed by atoms with Crippen LogP contribution in [-0.2, 0) is 24.2 Å². The van der Waals surface area contributed by atoms with E-state index in [0.717, 1.165) is 34.0 Å². The van der Waals surface area contributed by atoms with E-state index in [-0.39, 0.29) is 5.91 Å². The maximum Gasteiger partial charge on any atom is 0.252 e. The highest BCUT2D eigenvalue weighted by atomic mass is 35.5. The van der Waals surface area contributed by atoms with Crippen molar-refractivity contribution in [2.75, 3.05) is 6.54 Å². The van der Waals surface area contributed by atoms with Gasteiger partial charge in [-0.15, -0.1) is 0 Å². The minimum Gasteiger partial charge on any atom is -0.338 e. The van der Waals surface area contributed by atoms with Crippen LogP contribution in [0.25, 0.3) is 5.78 Å². The summed E-state index contributed by atoms with van der Waals surface area (Å²) in [5.74, 6) is 0.757. The molecule has 3 heterocycles. The van der Waals surface area contributed by atoms with Gasteiger partial charge in [-0.3, -0.25) is 4.79 Å². The summed E-state index contributed by atoms with van der Waals surface area (Å²) in [5, 5.41) is 5.00. The number of fused-ring (bicyclic) bond motifs is 2. The Kier molecular flexibility index (Phi) is 4.36. The summed E-state index contributed by atoms with van der Waals surface area (Å²) >= 11 is 6.26. The zero-order valence-electron chi connectivity index (χ0n) is 14.9. The van der Waals surface area contributed by atoms with Crippen molar-refractivity contribution in [3.05, 3.63) is 57.6 Å². The number of hydrogen-bond acceptors (Lipinski definition) is 4. The molecule has 0 spiro atoms. The van der Waals surface area contributed by atoms with Gasteiger partial charge in [0.25, 0.3) is 5.78 Å². The summed E-state index contributed by atoms with van der Waals surface area (Å²) < 4.78 is 1.73. The van der Waals surface area contributed by atoms with Gasteiger partial charge < -0.3 is 4.90 Å². The molecule has 6 nitrogen and oxygen atoms in total. The minimum atomic E-state index is 0.160. The third-order valence-electron chi connectivity index (χ3n) is 5.14. The highest BCUT2D eigenvalue weighted by molar-refractivity contribution is 6.31. The van der Waals surface area contributed by atoms with Crippen molar-refractivity contribution in [3.63, 3.8) is 0 Å². The van der Waals surface area contributed by atoms with Crippen LogP contribution in [-0.4, -0.2) is 36.9 Å². The molecule has 26 heavy (non-hydrogen) atoms. The summed E-state index contributed by atoms with van der Waals surface area (Å²) in [6, 6.07) is 5.91. The Morgan fingerprint density at radius 3 is 3.00 bits per heavy atom. The van der Waals surface area contributed by atoms with Crippen LogP contribution in [0.5, 0.6) is 0 Å². The van der Waals surface area contributed by atoms with Gasteiger partial charge in [0.2, 0.25) is 5.91 Å². The Bertz CT molecular complexity index is 997. The molecule has 1 amide bonds. The number of halogens is 1. The van der Waals surface area contributed by atoms with Gasteiger partial charge in [0, 0.05) is 35.9 Å². The lowest BCUT2D eigenvalue weighted by atomic mass is 9.99. The van der Waals surface area contributed by atoms with E-state index in [9.17, 15) is 4.79 Å². The molecule has 0 fully saturated rings. The molecule has 0 saturated carbocycles. The summed E-state index contributed by atoms with van der Waals surface area (Å²) in [4.78, 5) is 23.3. The van der Waals surface area contributed by atoms with Gasteiger partial charge in [-0.05, 0) is 49.4 Å². The number of aryl methyl sites for hydroxylation is 2. The Hall–Kier alpha value is -2.47. The first-order valence-electron chi connectivity index (χ1n) is 8.74. The van der Waals surface area contributed by atoms with Gasteiger partial charge in [0.15, 0.2) is 0 Å². The Labute approximate surface area is 156 Å². The van der Waals surface area contributed by atoms with E-state index < -0.39 is 0 Å². The van der Waals surface area contributed by atoms with E-state index in [1.54, 1.807) is 4.52 Å².